The molecule has 2 rings (SSSR count). The third-order valence-corrected chi connectivity index (χ3v) is 3.00. The predicted molar refractivity (Wildman–Crippen MR) is 71.1 cm³/mol. The van der Waals surface area contributed by atoms with Gasteiger partial charge in [0, 0.05) is 18.8 Å². The number of nitrogens with two attached hydrogens (primary N) is 1. The summed E-state index contributed by atoms with van der Waals surface area (Å²) >= 11 is 0. The maximum absolute atomic E-state index is 11.6. The minimum Gasteiger partial charge on any atom is -0.381 e. The van der Waals surface area contributed by atoms with Crippen LogP contribution in [0.3, 0.4) is 0 Å². The van der Waals surface area contributed by atoms with Crippen LogP contribution in [0.1, 0.15) is 24.8 Å². The highest BCUT2D eigenvalue weighted by atomic mass is 16.5. The first-order valence-corrected chi connectivity index (χ1v) is 6.44. The number of carbonyl (C=O) groups excluding carboxylic acids is 1. The summed E-state index contributed by atoms with van der Waals surface area (Å²) in [6, 6.07) is 7.56. The lowest BCUT2D eigenvalue weighted by Gasteiger charge is -2.06. The highest BCUT2D eigenvalue weighted by Crippen LogP contribution is 2.28. The van der Waals surface area contributed by atoms with Crippen LogP contribution < -0.4 is 11.1 Å². The van der Waals surface area contributed by atoms with Crippen molar-refractivity contribution >= 4 is 11.6 Å². The molecule has 1 aliphatic carbocycles. The van der Waals surface area contributed by atoms with Crippen LogP contribution in [0.2, 0.25) is 0 Å². The largest absolute Gasteiger partial charge is 0.381 e. The third-order valence-electron chi connectivity index (χ3n) is 3.00. The monoisotopic (exact) mass is 248 g/mol. The predicted octanol–water partition coefficient (Wildman–Crippen LogP) is 1.90. The average Bonchev–Trinajstić information content (AvgIpc) is 3.20. The molecule has 1 aromatic rings. The second kappa shape index (κ2) is 6.52. The molecular formula is C14H20N2O2. The molecule has 0 heterocycles. The first-order valence-electron chi connectivity index (χ1n) is 6.44. The van der Waals surface area contributed by atoms with Crippen molar-refractivity contribution in [2.75, 3.05) is 18.5 Å². The lowest BCUT2D eigenvalue weighted by Crippen LogP contribution is -2.14. The van der Waals surface area contributed by atoms with E-state index in [0.29, 0.717) is 19.6 Å². The zero-order chi connectivity index (χ0) is 12.8. The van der Waals surface area contributed by atoms with E-state index < -0.39 is 0 Å². The second-order valence-electron chi connectivity index (χ2n) is 4.72. The number of benzene rings is 1. The fraction of sp³-hybridized carbons (Fsp3) is 0.500. The quantitative estimate of drug-likeness (QED) is 0.724. The van der Waals surface area contributed by atoms with E-state index in [-0.39, 0.29) is 5.91 Å². The molecule has 0 saturated heterocycles. The van der Waals surface area contributed by atoms with Gasteiger partial charge in [0.1, 0.15) is 0 Å². The molecular weight excluding hydrogens is 228 g/mol. The molecule has 0 unspecified atom stereocenters. The van der Waals surface area contributed by atoms with Crippen LogP contribution in [0.4, 0.5) is 5.69 Å². The van der Waals surface area contributed by atoms with Crippen molar-refractivity contribution in [2.24, 2.45) is 11.7 Å². The van der Waals surface area contributed by atoms with E-state index >= 15 is 0 Å². The molecule has 1 amide bonds. The van der Waals surface area contributed by atoms with Crippen LogP contribution in [-0.4, -0.2) is 19.1 Å². The third kappa shape index (κ3) is 4.47. The highest BCUT2D eigenvalue weighted by Gasteiger charge is 2.21. The van der Waals surface area contributed by atoms with E-state index in [2.05, 4.69) is 5.32 Å². The number of hydrogen-bond donors (Lipinski definition) is 2. The number of amides is 1. The van der Waals surface area contributed by atoms with Crippen molar-refractivity contribution in [3.8, 4) is 0 Å². The van der Waals surface area contributed by atoms with Crippen LogP contribution in [0, 0.1) is 5.92 Å². The summed E-state index contributed by atoms with van der Waals surface area (Å²) in [5.74, 6) is 0.739. The number of nitrogens with one attached hydrogen (secondary N) is 1. The molecule has 0 aromatic heterocycles. The van der Waals surface area contributed by atoms with Gasteiger partial charge in [-0.2, -0.15) is 0 Å². The van der Waals surface area contributed by atoms with Crippen molar-refractivity contribution in [1.29, 1.82) is 0 Å². The Hall–Kier alpha value is -1.39. The number of rotatable bonds is 7. The Balaban J connectivity index is 1.65. The summed E-state index contributed by atoms with van der Waals surface area (Å²) < 4.78 is 5.43. The van der Waals surface area contributed by atoms with Crippen molar-refractivity contribution < 1.29 is 9.53 Å². The minimum atomic E-state index is -0.00806. The Kier molecular flexibility index (Phi) is 4.73. The highest BCUT2D eigenvalue weighted by molar-refractivity contribution is 5.90. The SMILES string of the molecule is NCc1ccc(NC(=O)CCOCC2CC2)cc1. The molecule has 1 saturated carbocycles. The normalized spacial score (nSPS) is 14.5. The Morgan fingerprint density at radius 1 is 1.33 bits per heavy atom. The van der Waals surface area contributed by atoms with Crippen LogP contribution in [0.25, 0.3) is 0 Å². The van der Waals surface area contributed by atoms with Crippen LogP contribution in [-0.2, 0) is 16.1 Å². The summed E-state index contributed by atoms with van der Waals surface area (Å²) in [4.78, 5) is 11.6. The summed E-state index contributed by atoms with van der Waals surface area (Å²) in [6.45, 7) is 1.82. The van der Waals surface area contributed by atoms with Crippen LogP contribution in [0.5, 0.6) is 0 Å². The van der Waals surface area contributed by atoms with Crippen LogP contribution >= 0.6 is 0 Å². The zero-order valence-corrected chi connectivity index (χ0v) is 10.5. The fourth-order valence-electron chi connectivity index (χ4n) is 1.65. The van der Waals surface area contributed by atoms with Gasteiger partial charge in [-0.25, -0.2) is 0 Å². The zero-order valence-electron chi connectivity index (χ0n) is 10.5. The molecule has 18 heavy (non-hydrogen) atoms. The lowest BCUT2D eigenvalue weighted by molar-refractivity contribution is -0.117. The van der Waals surface area contributed by atoms with Gasteiger partial charge in [-0.1, -0.05) is 12.1 Å². The second-order valence-corrected chi connectivity index (χ2v) is 4.72. The van der Waals surface area contributed by atoms with Crippen molar-refractivity contribution in [1.82, 2.24) is 0 Å². The summed E-state index contributed by atoms with van der Waals surface area (Å²) in [5, 5.41) is 2.84. The summed E-state index contributed by atoms with van der Waals surface area (Å²) in [5.41, 5.74) is 7.37. The summed E-state index contributed by atoms with van der Waals surface area (Å²) in [7, 11) is 0. The lowest BCUT2D eigenvalue weighted by atomic mass is 10.2. The van der Waals surface area contributed by atoms with Crippen LogP contribution in [0.15, 0.2) is 24.3 Å². The Bertz CT molecular complexity index is 385. The average molecular weight is 248 g/mol. The molecule has 1 aliphatic rings. The van der Waals surface area contributed by atoms with E-state index in [1.807, 2.05) is 24.3 Å². The topological polar surface area (TPSA) is 64.3 Å². The van der Waals surface area contributed by atoms with Gasteiger partial charge in [0.15, 0.2) is 0 Å². The van der Waals surface area contributed by atoms with Gasteiger partial charge in [-0.05, 0) is 36.5 Å². The number of ether oxygens (including phenoxy) is 1. The minimum absolute atomic E-state index is 0.00806. The molecule has 4 heteroatoms. The number of carbonyl (C=O) groups is 1. The molecule has 0 atom stereocenters. The summed E-state index contributed by atoms with van der Waals surface area (Å²) in [6.07, 6.45) is 2.96. The molecule has 3 N–H and O–H groups in total. The first kappa shape index (κ1) is 13.1. The van der Waals surface area contributed by atoms with Gasteiger partial charge < -0.3 is 15.8 Å². The Morgan fingerprint density at radius 2 is 2.06 bits per heavy atom. The van der Waals surface area contributed by atoms with Crippen molar-refractivity contribution in [3.05, 3.63) is 29.8 Å². The molecule has 0 aliphatic heterocycles. The van der Waals surface area contributed by atoms with E-state index in [0.717, 1.165) is 23.8 Å². The van der Waals surface area contributed by atoms with Gasteiger partial charge in [0.05, 0.1) is 13.0 Å². The van der Waals surface area contributed by atoms with E-state index in [4.69, 9.17) is 10.5 Å². The van der Waals surface area contributed by atoms with Crippen molar-refractivity contribution in [2.45, 2.75) is 25.8 Å². The molecule has 0 spiro atoms. The molecule has 1 fully saturated rings. The fourth-order valence-corrected chi connectivity index (χ4v) is 1.65. The molecule has 0 bridgehead atoms. The maximum atomic E-state index is 11.6. The molecule has 4 nitrogen and oxygen atoms in total. The number of hydrogen-bond acceptors (Lipinski definition) is 3. The van der Waals surface area contributed by atoms with E-state index in [1.165, 1.54) is 12.8 Å². The smallest absolute Gasteiger partial charge is 0.226 e. The van der Waals surface area contributed by atoms with Gasteiger partial charge >= 0.3 is 0 Å². The van der Waals surface area contributed by atoms with E-state index in [1.54, 1.807) is 0 Å². The maximum Gasteiger partial charge on any atom is 0.226 e. The molecule has 0 radical (unpaired) electrons. The molecule has 1 aromatic carbocycles. The first-order chi connectivity index (χ1) is 8.78. The van der Waals surface area contributed by atoms with Gasteiger partial charge in [-0.15, -0.1) is 0 Å². The Morgan fingerprint density at radius 3 is 2.67 bits per heavy atom. The number of anilines is 1. The van der Waals surface area contributed by atoms with Gasteiger partial charge in [0.25, 0.3) is 0 Å². The van der Waals surface area contributed by atoms with Gasteiger partial charge in [0.2, 0.25) is 5.91 Å². The Labute approximate surface area is 108 Å². The molecule has 98 valence electrons. The standard InChI is InChI=1S/C14H20N2O2/c15-9-11-3-5-13(6-4-11)16-14(17)7-8-18-10-12-1-2-12/h3-6,12H,1-2,7-10,15H2,(H,16,17). The van der Waals surface area contributed by atoms with E-state index in [9.17, 15) is 4.79 Å². The van der Waals surface area contributed by atoms with Crippen molar-refractivity contribution in [3.63, 3.8) is 0 Å². The van der Waals surface area contributed by atoms with Gasteiger partial charge in [-0.3, -0.25) is 4.79 Å².